The third kappa shape index (κ3) is 4.38. The van der Waals surface area contributed by atoms with Gasteiger partial charge in [-0.25, -0.2) is 0 Å². The van der Waals surface area contributed by atoms with Crippen molar-refractivity contribution in [3.05, 3.63) is 163 Å². The molecular formula is C42H32N2S. The first kappa shape index (κ1) is 26.3. The zero-order chi connectivity index (χ0) is 29.7. The van der Waals surface area contributed by atoms with Crippen molar-refractivity contribution in [3.63, 3.8) is 0 Å². The number of anilines is 3. The smallest absolute Gasteiger partial charge is 0.0561 e. The van der Waals surface area contributed by atoms with Crippen LogP contribution in [0.4, 0.5) is 17.1 Å². The molecule has 0 spiro atoms. The number of thiophene rings is 1. The topological polar surface area (TPSA) is 8.17 Å². The molecule has 216 valence electrons. The van der Waals surface area contributed by atoms with Crippen LogP contribution >= 0.6 is 11.3 Å². The summed E-state index contributed by atoms with van der Waals surface area (Å²) < 4.78 is 5.21. The van der Waals surface area contributed by atoms with Crippen LogP contribution < -0.4 is 4.90 Å². The van der Waals surface area contributed by atoms with Crippen LogP contribution in [0, 0.1) is 0 Å². The van der Waals surface area contributed by atoms with E-state index < -0.39 is 0 Å². The number of benzene rings is 5. The van der Waals surface area contributed by atoms with Gasteiger partial charge < -0.3 is 9.47 Å². The summed E-state index contributed by atoms with van der Waals surface area (Å²) in [6, 6.07) is 42.5. The van der Waals surface area contributed by atoms with Gasteiger partial charge in [-0.1, -0.05) is 97.1 Å². The molecule has 2 aromatic heterocycles. The van der Waals surface area contributed by atoms with Crippen LogP contribution in [0.2, 0.25) is 0 Å². The normalized spacial score (nSPS) is 16.5. The van der Waals surface area contributed by atoms with Crippen molar-refractivity contribution in [2.45, 2.75) is 25.3 Å². The standard InChI is InChI=1S/C42H32N2S/c1-3-12-29(13-4-1)30-22-24-32(25-23-30)44-37-18-9-7-17-35(37)42-38(19-11-20-39(42)44)43(31-14-5-2-6-15-31)33-26-27-41-36(28-33)34-16-8-10-21-40(34)45-41/h1-3,5-12,14-24,26-28,32H,4,13,25H2. The Kier molecular flexibility index (Phi) is 6.31. The Morgan fingerprint density at radius 3 is 2.33 bits per heavy atom. The molecule has 45 heavy (non-hydrogen) atoms. The molecule has 2 aliphatic rings. The predicted molar refractivity (Wildman–Crippen MR) is 194 cm³/mol. The Morgan fingerprint density at radius 2 is 1.49 bits per heavy atom. The third-order valence-electron chi connectivity index (χ3n) is 9.38. The number of para-hydroxylation sites is 2. The fourth-order valence-corrected chi connectivity index (χ4v) is 8.40. The summed E-state index contributed by atoms with van der Waals surface area (Å²) >= 11 is 1.87. The highest BCUT2D eigenvalue weighted by molar-refractivity contribution is 7.25. The van der Waals surface area contributed by atoms with Crippen LogP contribution in [-0.4, -0.2) is 4.57 Å². The molecule has 0 amide bonds. The number of fused-ring (bicyclic) bond motifs is 6. The molecule has 0 aliphatic heterocycles. The summed E-state index contributed by atoms with van der Waals surface area (Å²) in [7, 11) is 0. The quantitative estimate of drug-likeness (QED) is 0.192. The molecule has 0 bridgehead atoms. The summed E-state index contributed by atoms with van der Waals surface area (Å²) in [5.74, 6) is 0. The van der Waals surface area contributed by atoms with Crippen molar-refractivity contribution in [3.8, 4) is 0 Å². The van der Waals surface area contributed by atoms with Crippen molar-refractivity contribution < 1.29 is 0 Å². The Bertz CT molecular complexity index is 2360. The monoisotopic (exact) mass is 596 g/mol. The van der Waals surface area contributed by atoms with Gasteiger partial charge in [-0.15, -0.1) is 11.3 Å². The van der Waals surface area contributed by atoms with Crippen molar-refractivity contribution in [2.75, 3.05) is 4.90 Å². The van der Waals surface area contributed by atoms with Gasteiger partial charge >= 0.3 is 0 Å². The highest BCUT2D eigenvalue weighted by Crippen LogP contribution is 2.46. The SMILES string of the molecule is C1=CCCC(C2=CCC(n3c4ccccc4c4c(N(c5ccccc5)c5ccc6sc7ccccc7c6c5)cccc43)C=C2)=C1. The van der Waals surface area contributed by atoms with Crippen molar-refractivity contribution in [2.24, 2.45) is 0 Å². The molecule has 0 saturated carbocycles. The molecule has 1 atom stereocenters. The highest BCUT2D eigenvalue weighted by atomic mass is 32.1. The second kappa shape index (κ2) is 10.8. The minimum atomic E-state index is 0.254. The molecule has 0 N–H and O–H groups in total. The molecule has 2 heterocycles. The zero-order valence-electron chi connectivity index (χ0n) is 24.9. The van der Waals surface area contributed by atoms with Crippen LogP contribution in [-0.2, 0) is 0 Å². The molecule has 9 rings (SSSR count). The van der Waals surface area contributed by atoms with Gasteiger partial charge in [-0.3, -0.25) is 0 Å². The molecule has 5 aromatic carbocycles. The molecule has 3 heteroatoms. The third-order valence-corrected chi connectivity index (χ3v) is 10.5. The summed E-state index contributed by atoms with van der Waals surface area (Å²) in [6.45, 7) is 0. The lowest BCUT2D eigenvalue weighted by molar-refractivity contribution is 0.644. The summed E-state index contributed by atoms with van der Waals surface area (Å²) in [4.78, 5) is 2.45. The number of hydrogen-bond acceptors (Lipinski definition) is 2. The first-order valence-electron chi connectivity index (χ1n) is 15.9. The van der Waals surface area contributed by atoms with E-state index in [1.165, 1.54) is 64.5 Å². The Hall–Kier alpha value is -5.12. The van der Waals surface area contributed by atoms with E-state index in [-0.39, 0.29) is 6.04 Å². The molecule has 0 saturated heterocycles. The lowest BCUT2D eigenvalue weighted by Crippen LogP contribution is -2.11. The van der Waals surface area contributed by atoms with Crippen molar-refractivity contribution in [1.82, 2.24) is 4.57 Å². The van der Waals surface area contributed by atoms with E-state index in [0.29, 0.717) is 0 Å². The summed E-state index contributed by atoms with van der Waals surface area (Å²) in [5.41, 5.74) is 8.89. The largest absolute Gasteiger partial charge is 0.333 e. The minimum absolute atomic E-state index is 0.254. The van der Waals surface area contributed by atoms with Gasteiger partial charge in [-0.05, 0) is 85.0 Å². The molecule has 1 unspecified atom stereocenters. The maximum Gasteiger partial charge on any atom is 0.0561 e. The first-order chi connectivity index (χ1) is 22.3. The van der Waals surface area contributed by atoms with Crippen LogP contribution in [0.1, 0.15) is 25.3 Å². The van der Waals surface area contributed by atoms with Gasteiger partial charge in [0, 0.05) is 47.8 Å². The number of nitrogens with zero attached hydrogens (tertiary/aromatic N) is 2. The highest BCUT2D eigenvalue weighted by Gasteiger charge is 2.24. The average molecular weight is 597 g/mol. The van der Waals surface area contributed by atoms with Crippen LogP contribution in [0.3, 0.4) is 0 Å². The molecule has 0 fully saturated rings. The Balaban J connectivity index is 1.24. The van der Waals surface area contributed by atoms with Crippen LogP contribution in [0.15, 0.2) is 163 Å². The zero-order valence-corrected chi connectivity index (χ0v) is 25.8. The lowest BCUT2D eigenvalue weighted by Gasteiger charge is -2.27. The van der Waals surface area contributed by atoms with Crippen molar-refractivity contribution in [1.29, 1.82) is 0 Å². The average Bonchev–Trinajstić information content (AvgIpc) is 3.65. The van der Waals surface area contributed by atoms with E-state index in [1.54, 1.807) is 0 Å². The van der Waals surface area contributed by atoms with E-state index >= 15 is 0 Å². The first-order valence-corrected chi connectivity index (χ1v) is 16.7. The Morgan fingerprint density at radius 1 is 0.689 bits per heavy atom. The molecular weight excluding hydrogens is 565 g/mol. The van der Waals surface area contributed by atoms with E-state index in [0.717, 1.165) is 24.9 Å². The van der Waals surface area contributed by atoms with Crippen LogP contribution in [0.25, 0.3) is 42.0 Å². The Labute approximate surface area is 267 Å². The fourth-order valence-electron chi connectivity index (χ4n) is 7.31. The van der Waals surface area contributed by atoms with E-state index in [9.17, 15) is 0 Å². The van der Waals surface area contributed by atoms with Gasteiger partial charge in [-0.2, -0.15) is 0 Å². The number of allylic oxidation sites excluding steroid dienone is 8. The molecule has 2 aliphatic carbocycles. The minimum Gasteiger partial charge on any atom is -0.333 e. The second-order valence-electron chi connectivity index (χ2n) is 12.0. The van der Waals surface area contributed by atoms with E-state index in [4.69, 9.17) is 0 Å². The number of aromatic nitrogens is 1. The summed E-state index contributed by atoms with van der Waals surface area (Å²) in [5, 5.41) is 5.20. The summed E-state index contributed by atoms with van der Waals surface area (Å²) in [6.07, 6.45) is 17.2. The number of hydrogen-bond donors (Lipinski definition) is 0. The van der Waals surface area contributed by atoms with Gasteiger partial charge in [0.2, 0.25) is 0 Å². The van der Waals surface area contributed by atoms with Gasteiger partial charge in [0.25, 0.3) is 0 Å². The van der Waals surface area contributed by atoms with Crippen molar-refractivity contribution >= 4 is 70.4 Å². The predicted octanol–water partition coefficient (Wildman–Crippen LogP) is 12.3. The molecule has 7 aromatic rings. The van der Waals surface area contributed by atoms with Crippen LogP contribution in [0.5, 0.6) is 0 Å². The second-order valence-corrected chi connectivity index (χ2v) is 13.1. The van der Waals surface area contributed by atoms with Gasteiger partial charge in [0.05, 0.1) is 17.2 Å². The van der Waals surface area contributed by atoms with Gasteiger partial charge in [0.15, 0.2) is 0 Å². The lowest BCUT2D eigenvalue weighted by atomic mass is 9.92. The van der Waals surface area contributed by atoms with E-state index in [2.05, 4.69) is 161 Å². The van der Waals surface area contributed by atoms with Gasteiger partial charge in [0.1, 0.15) is 0 Å². The maximum absolute atomic E-state index is 2.56. The molecule has 2 nitrogen and oxygen atoms in total. The fraction of sp³-hybridized carbons (Fsp3) is 0.0952. The number of rotatable bonds is 5. The maximum atomic E-state index is 2.56. The van der Waals surface area contributed by atoms with E-state index in [1.807, 2.05) is 11.3 Å². The molecule has 0 radical (unpaired) electrons.